The van der Waals surface area contributed by atoms with Crippen LogP contribution in [0, 0.1) is 12.7 Å². The molecule has 0 saturated carbocycles. The van der Waals surface area contributed by atoms with Gasteiger partial charge in [-0.2, -0.15) is 0 Å². The Kier molecular flexibility index (Phi) is 5.71. The van der Waals surface area contributed by atoms with Crippen LogP contribution in [0.1, 0.15) is 34.5 Å². The number of benzene rings is 2. The zero-order chi connectivity index (χ0) is 20.2. The fraction of sp³-hybridized carbons (Fsp3) is 0.304. The summed E-state index contributed by atoms with van der Waals surface area (Å²) in [6, 6.07) is 16.4. The lowest BCUT2D eigenvalue weighted by Crippen LogP contribution is -2.44. The molecule has 1 amide bonds. The number of nitrogens with zero attached hydrogens (tertiary/aromatic N) is 2. The van der Waals surface area contributed by atoms with Crippen molar-refractivity contribution in [1.82, 2.24) is 15.4 Å². The van der Waals surface area contributed by atoms with E-state index < -0.39 is 5.82 Å². The third kappa shape index (κ3) is 4.71. The lowest BCUT2D eigenvalue weighted by atomic mass is 10.0. The van der Waals surface area contributed by atoms with Crippen LogP contribution in [0.25, 0.3) is 11.3 Å². The normalized spacial score (nSPS) is 15.4. The number of carbonyl (C=O) groups excluding carboxylic acids is 1. The summed E-state index contributed by atoms with van der Waals surface area (Å²) in [7, 11) is 0. The summed E-state index contributed by atoms with van der Waals surface area (Å²) in [4.78, 5) is 14.9. The summed E-state index contributed by atoms with van der Waals surface area (Å²) in [5.74, 6) is -0.439. The average Bonchev–Trinajstić information content (AvgIpc) is 3.20. The minimum Gasteiger partial charge on any atom is -0.355 e. The Labute approximate surface area is 169 Å². The van der Waals surface area contributed by atoms with E-state index in [2.05, 4.69) is 46.6 Å². The van der Waals surface area contributed by atoms with Gasteiger partial charge in [0.2, 0.25) is 0 Å². The number of hydrogen-bond acceptors (Lipinski definition) is 4. The van der Waals surface area contributed by atoms with Crippen molar-refractivity contribution in [1.29, 1.82) is 0 Å². The number of nitrogens with one attached hydrogen (secondary N) is 1. The van der Waals surface area contributed by atoms with E-state index >= 15 is 0 Å². The first-order chi connectivity index (χ1) is 14.1. The highest BCUT2D eigenvalue weighted by Crippen LogP contribution is 2.23. The van der Waals surface area contributed by atoms with E-state index in [0.717, 1.165) is 32.5 Å². The van der Waals surface area contributed by atoms with Gasteiger partial charge >= 0.3 is 0 Å². The quantitative estimate of drug-likeness (QED) is 0.706. The van der Waals surface area contributed by atoms with E-state index in [1.165, 1.54) is 23.3 Å². The van der Waals surface area contributed by atoms with E-state index in [0.29, 0.717) is 5.56 Å². The lowest BCUT2D eigenvalue weighted by Gasteiger charge is -2.32. The van der Waals surface area contributed by atoms with E-state index in [1.54, 1.807) is 18.2 Å². The molecule has 0 aliphatic carbocycles. The summed E-state index contributed by atoms with van der Waals surface area (Å²) >= 11 is 0. The Balaban J connectivity index is 1.31. The van der Waals surface area contributed by atoms with Crippen LogP contribution in [-0.4, -0.2) is 35.1 Å². The molecule has 0 bridgehead atoms. The van der Waals surface area contributed by atoms with Gasteiger partial charge in [-0.25, -0.2) is 4.39 Å². The number of aryl methyl sites for hydroxylation is 1. The number of rotatable bonds is 5. The molecule has 5 nitrogen and oxygen atoms in total. The van der Waals surface area contributed by atoms with Gasteiger partial charge < -0.3 is 9.84 Å². The molecule has 4 rings (SSSR count). The van der Waals surface area contributed by atoms with Crippen LogP contribution in [0.5, 0.6) is 0 Å². The summed E-state index contributed by atoms with van der Waals surface area (Å²) in [5.41, 5.74) is 3.05. The average molecular weight is 393 g/mol. The zero-order valence-electron chi connectivity index (χ0n) is 16.4. The van der Waals surface area contributed by atoms with Crippen LogP contribution in [-0.2, 0) is 6.54 Å². The molecule has 1 aliphatic rings. The molecular weight excluding hydrogens is 369 g/mol. The van der Waals surface area contributed by atoms with Crippen molar-refractivity contribution in [3.8, 4) is 11.3 Å². The minimum absolute atomic E-state index is 0.102. The Morgan fingerprint density at radius 1 is 1.17 bits per heavy atom. The maximum Gasteiger partial charge on any atom is 0.273 e. The first-order valence-electron chi connectivity index (χ1n) is 9.89. The highest BCUT2D eigenvalue weighted by atomic mass is 19.1. The molecule has 6 heteroatoms. The molecule has 1 saturated heterocycles. The lowest BCUT2D eigenvalue weighted by molar-refractivity contribution is 0.0900. The summed E-state index contributed by atoms with van der Waals surface area (Å²) in [6.07, 6.45) is 1.77. The molecule has 1 aromatic heterocycles. The monoisotopic (exact) mass is 393 g/mol. The van der Waals surface area contributed by atoms with Gasteiger partial charge in [0.05, 0.1) is 5.56 Å². The number of piperidine rings is 1. The van der Waals surface area contributed by atoms with E-state index in [9.17, 15) is 9.18 Å². The fourth-order valence-corrected chi connectivity index (χ4v) is 3.73. The number of amides is 1. The molecule has 0 unspecified atom stereocenters. The second-order valence-corrected chi connectivity index (χ2v) is 7.57. The Morgan fingerprint density at radius 3 is 2.72 bits per heavy atom. The fourth-order valence-electron chi connectivity index (χ4n) is 3.73. The molecule has 150 valence electrons. The second-order valence-electron chi connectivity index (χ2n) is 7.57. The second kappa shape index (κ2) is 8.57. The Morgan fingerprint density at radius 2 is 1.97 bits per heavy atom. The topological polar surface area (TPSA) is 58.4 Å². The van der Waals surface area contributed by atoms with Crippen molar-refractivity contribution in [3.05, 3.63) is 77.2 Å². The van der Waals surface area contributed by atoms with Crippen molar-refractivity contribution >= 4 is 5.91 Å². The van der Waals surface area contributed by atoms with Crippen molar-refractivity contribution in [2.24, 2.45) is 0 Å². The van der Waals surface area contributed by atoms with E-state index in [4.69, 9.17) is 4.52 Å². The SMILES string of the molecule is Cc1cccc(CN2CCC(NC(=O)c3cc(-c4ccccc4F)on3)CC2)c1. The Hall–Kier alpha value is -2.99. The number of halogens is 1. The predicted molar refractivity (Wildman–Crippen MR) is 109 cm³/mol. The number of carbonyl (C=O) groups is 1. The van der Waals surface area contributed by atoms with Crippen LogP contribution in [0.15, 0.2) is 59.1 Å². The van der Waals surface area contributed by atoms with Gasteiger partial charge in [-0.3, -0.25) is 9.69 Å². The summed E-state index contributed by atoms with van der Waals surface area (Å²) < 4.78 is 19.1. The van der Waals surface area contributed by atoms with Crippen LogP contribution < -0.4 is 5.32 Å². The van der Waals surface area contributed by atoms with Crippen LogP contribution in [0.4, 0.5) is 4.39 Å². The van der Waals surface area contributed by atoms with Crippen LogP contribution in [0.3, 0.4) is 0 Å². The third-order valence-electron chi connectivity index (χ3n) is 5.29. The van der Waals surface area contributed by atoms with Crippen LogP contribution >= 0.6 is 0 Å². The van der Waals surface area contributed by atoms with Gasteiger partial charge in [-0.05, 0) is 37.5 Å². The van der Waals surface area contributed by atoms with Gasteiger partial charge in [0, 0.05) is 31.7 Å². The minimum atomic E-state index is -0.406. The zero-order valence-corrected chi connectivity index (χ0v) is 16.4. The number of hydrogen-bond donors (Lipinski definition) is 1. The maximum absolute atomic E-state index is 13.9. The van der Waals surface area contributed by atoms with Gasteiger partial charge in [-0.1, -0.05) is 47.1 Å². The van der Waals surface area contributed by atoms with Gasteiger partial charge in [0.15, 0.2) is 11.5 Å². The largest absolute Gasteiger partial charge is 0.355 e. The first-order valence-corrected chi connectivity index (χ1v) is 9.89. The molecule has 3 aromatic rings. The highest BCUT2D eigenvalue weighted by molar-refractivity contribution is 5.93. The summed E-state index contributed by atoms with van der Waals surface area (Å²) in [5, 5.41) is 6.84. The predicted octanol–water partition coefficient (Wildman–Crippen LogP) is 4.18. The maximum atomic E-state index is 13.9. The molecule has 2 heterocycles. The molecule has 1 fully saturated rings. The number of aromatic nitrogens is 1. The van der Waals surface area contributed by atoms with Crippen LogP contribution in [0.2, 0.25) is 0 Å². The summed E-state index contributed by atoms with van der Waals surface area (Å²) in [6.45, 7) is 4.89. The third-order valence-corrected chi connectivity index (χ3v) is 5.29. The van der Waals surface area contributed by atoms with Gasteiger partial charge in [0.25, 0.3) is 5.91 Å². The van der Waals surface area contributed by atoms with Crippen molar-refractivity contribution in [3.63, 3.8) is 0 Å². The van der Waals surface area contributed by atoms with E-state index in [1.807, 2.05) is 0 Å². The Bertz CT molecular complexity index is 993. The smallest absolute Gasteiger partial charge is 0.273 e. The van der Waals surface area contributed by atoms with E-state index in [-0.39, 0.29) is 23.4 Å². The molecule has 0 radical (unpaired) electrons. The van der Waals surface area contributed by atoms with Crippen molar-refractivity contribution in [2.75, 3.05) is 13.1 Å². The first kappa shape index (κ1) is 19.3. The molecule has 1 N–H and O–H groups in total. The molecule has 29 heavy (non-hydrogen) atoms. The number of likely N-dealkylation sites (tertiary alicyclic amines) is 1. The molecule has 0 spiro atoms. The van der Waals surface area contributed by atoms with Crippen molar-refractivity contribution in [2.45, 2.75) is 32.4 Å². The molecule has 2 aromatic carbocycles. The standard InChI is InChI=1S/C23H24FN3O2/c1-16-5-4-6-17(13-16)15-27-11-9-18(10-12-27)25-23(28)21-14-22(29-26-21)19-7-2-3-8-20(19)24/h2-8,13-14,18H,9-12,15H2,1H3,(H,25,28). The van der Waals surface area contributed by atoms with Gasteiger partial charge in [-0.15, -0.1) is 0 Å². The molecular formula is C23H24FN3O2. The van der Waals surface area contributed by atoms with Crippen molar-refractivity contribution < 1.29 is 13.7 Å². The highest BCUT2D eigenvalue weighted by Gasteiger charge is 2.23. The molecule has 1 aliphatic heterocycles. The molecule has 0 atom stereocenters. The van der Waals surface area contributed by atoms with Gasteiger partial charge in [0.1, 0.15) is 5.82 Å².